The van der Waals surface area contributed by atoms with Gasteiger partial charge in [0.1, 0.15) is 0 Å². The van der Waals surface area contributed by atoms with Crippen LogP contribution in [0, 0.1) is 0 Å². The number of H-pyrrole nitrogens is 1. The van der Waals surface area contributed by atoms with E-state index in [2.05, 4.69) is 11.1 Å². The number of aromatic carboxylic acids is 1. The third-order valence-electron chi connectivity index (χ3n) is 5.60. The minimum absolute atomic E-state index is 0.109. The third-order valence-corrected chi connectivity index (χ3v) is 6.61. The molecule has 1 aliphatic heterocycles. The third kappa shape index (κ3) is 4.51. The zero-order chi connectivity index (χ0) is 23.5. The number of carbonyl (C=O) groups excluding carboxylic acids is 1. The van der Waals surface area contributed by atoms with E-state index in [0.29, 0.717) is 23.0 Å². The standard InChI is InChI=1S/C27H21N3O3S/c31-25-24(16-18-10-12-19(13-11-18)26(32)33)34-27(29-21-6-2-1-3-7-21)30(25)15-14-20-17-28-23-9-5-4-8-22(20)23/h1-13,16-17,28H,14-15H2,(H,32,33)/b24-16+,29-27?. The lowest BCUT2D eigenvalue weighted by molar-refractivity contribution is -0.122. The van der Waals surface area contributed by atoms with E-state index in [-0.39, 0.29) is 11.5 Å². The van der Waals surface area contributed by atoms with Crippen molar-refractivity contribution in [2.45, 2.75) is 6.42 Å². The van der Waals surface area contributed by atoms with Crippen LogP contribution in [0.5, 0.6) is 0 Å². The maximum absolute atomic E-state index is 13.4. The Balaban J connectivity index is 1.44. The van der Waals surface area contributed by atoms with Gasteiger partial charge in [-0.1, -0.05) is 48.5 Å². The maximum Gasteiger partial charge on any atom is 0.335 e. The summed E-state index contributed by atoms with van der Waals surface area (Å²) in [5.41, 5.74) is 3.97. The number of aromatic nitrogens is 1. The number of carbonyl (C=O) groups is 2. The van der Waals surface area contributed by atoms with Crippen LogP contribution in [0.4, 0.5) is 5.69 Å². The Bertz CT molecular complexity index is 1420. The minimum Gasteiger partial charge on any atom is -0.478 e. The number of aromatic amines is 1. The lowest BCUT2D eigenvalue weighted by Crippen LogP contribution is -2.31. The first-order chi connectivity index (χ1) is 16.6. The number of rotatable bonds is 6. The second kappa shape index (κ2) is 9.41. The predicted molar refractivity (Wildman–Crippen MR) is 136 cm³/mol. The molecule has 168 valence electrons. The van der Waals surface area contributed by atoms with Gasteiger partial charge in [-0.05, 0) is 65.7 Å². The molecule has 3 aromatic carbocycles. The van der Waals surface area contributed by atoms with Crippen molar-refractivity contribution in [3.8, 4) is 0 Å². The number of carboxylic acid groups (broad SMARTS) is 1. The number of carboxylic acids is 1. The summed E-state index contributed by atoms with van der Waals surface area (Å²) in [5, 5.41) is 10.9. The summed E-state index contributed by atoms with van der Waals surface area (Å²) in [6, 6.07) is 24.2. The molecule has 0 unspecified atom stereocenters. The van der Waals surface area contributed by atoms with E-state index in [1.165, 1.54) is 23.9 Å². The van der Waals surface area contributed by atoms with E-state index < -0.39 is 5.97 Å². The van der Waals surface area contributed by atoms with Gasteiger partial charge >= 0.3 is 5.97 Å². The fourth-order valence-electron chi connectivity index (χ4n) is 3.85. The van der Waals surface area contributed by atoms with E-state index in [1.54, 1.807) is 23.1 Å². The molecular weight excluding hydrogens is 446 g/mol. The van der Waals surface area contributed by atoms with Gasteiger partial charge in [-0.3, -0.25) is 9.69 Å². The van der Waals surface area contributed by atoms with Gasteiger partial charge in [0.25, 0.3) is 5.91 Å². The van der Waals surface area contributed by atoms with Crippen molar-refractivity contribution >= 4 is 51.5 Å². The zero-order valence-electron chi connectivity index (χ0n) is 18.1. The Morgan fingerprint density at radius 1 is 1.00 bits per heavy atom. The average molecular weight is 468 g/mol. The molecule has 6 nitrogen and oxygen atoms in total. The summed E-state index contributed by atoms with van der Waals surface area (Å²) in [6.07, 6.45) is 4.46. The number of para-hydroxylation sites is 2. The van der Waals surface area contributed by atoms with E-state index in [9.17, 15) is 9.59 Å². The molecular formula is C27H21N3O3S. The normalized spacial score (nSPS) is 16.1. The summed E-state index contributed by atoms with van der Waals surface area (Å²) >= 11 is 1.33. The number of amidine groups is 1. The van der Waals surface area contributed by atoms with Crippen molar-refractivity contribution in [3.63, 3.8) is 0 Å². The van der Waals surface area contributed by atoms with Gasteiger partial charge in [0.05, 0.1) is 16.2 Å². The van der Waals surface area contributed by atoms with Crippen LogP contribution in [0.2, 0.25) is 0 Å². The highest BCUT2D eigenvalue weighted by molar-refractivity contribution is 8.18. The van der Waals surface area contributed by atoms with Gasteiger partial charge in [-0.25, -0.2) is 9.79 Å². The first-order valence-corrected chi connectivity index (χ1v) is 11.6. The van der Waals surface area contributed by atoms with E-state index >= 15 is 0 Å². The summed E-state index contributed by atoms with van der Waals surface area (Å²) in [4.78, 5) is 34.8. The van der Waals surface area contributed by atoms with Crippen LogP contribution in [0.3, 0.4) is 0 Å². The van der Waals surface area contributed by atoms with Crippen molar-refractivity contribution in [1.82, 2.24) is 9.88 Å². The minimum atomic E-state index is -0.980. The fraction of sp³-hybridized carbons (Fsp3) is 0.0741. The second-order valence-corrected chi connectivity index (χ2v) is 8.84. The molecule has 0 bridgehead atoms. The van der Waals surface area contributed by atoms with Gasteiger partial charge in [-0.15, -0.1) is 0 Å². The smallest absolute Gasteiger partial charge is 0.335 e. The van der Waals surface area contributed by atoms with Gasteiger partial charge in [0, 0.05) is 23.6 Å². The number of hydrogen-bond acceptors (Lipinski definition) is 4. The van der Waals surface area contributed by atoms with Crippen LogP contribution in [0.15, 0.2) is 95.0 Å². The average Bonchev–Trinajstić information content (AvgIpc) is 3.39. The van der Waals surface area contributed by atoms with Crippen molar-refractivity contribution in [2.24, 2.45) is 4.99 Å². The van der Waals surface area contributed by atoms with Gasteiger partial charge in [0.2, 0.25) is 0 Å². The molecule has 2 N–H and O–H groups in total. The number of fused-ring (bicyclic) bond motifs is 1. The summed E-state index contributed by atoms with van der Waals surface area (Å²) in [7, 11) is 0. The molecule has 1 saturated heterocycles. The fourth-order valence-corrected chi connectivity index (χ4v) is 4.87. The molecule has 1 aromatic heterocycles. The SMILES string of the molecule is O=C(O)c1ccc(/C=C2/SC(=Nc3ccccc3)N(CCc3c[nH]c4ccccc34)C2=O)cc1. The molecule has 7 heteroatoms. The molecule has 0 saturated carbocycles. The quantitative estimate of drug-likeness (QED) is 0.356. The Hall–Kier alpha value is -4.10. The van der Waals surface area contributed by atoms with Crippen LogP contribution in [-0.4, -0.2) is 38.6 Å². The Morgan fingerprint density at radius 3 is 2.50 bits per heavy atom. The van der Waals surface area contributed by atoms with Crippen molar-refractivity contribution in [1.29, 1.82) is 0 Å². The zero-order valence-corrected chi connectivity index (χ0v) is 19.0. The molecule has 5 rings (SSSR count). The molecule has 4 aromatic rings. The van der Waals surface area contributed by atoms with Crippen LogP contribution < -0.4 is 0 Å². The Labute approximate surface area is 200 Å². The Kier molecular flexibility index (Phi) is 6.01. The molecule has 1 aliphatic rings. The number of hydrogen-bond donors (Lipinski definition) is 2. The van der Waals surface area contributed by atoms with Crippen molar-refractivity contribution < 1.29 is 14.7 Å². The monoisotopic (exact) mass is 467 g/mol. The van der Waals surface area contributed by atoms with Crippen molar-refractivity contribution in [2.75, 3.05) is 6.54 Å². The van der Waals surface area contributed by atoms with Crippen LogP contribution >= 0.6 is 11.8 Å². The number of amides is 1. The predicted octanol–water partition coefficient (Wildman–Crippen LogP) is 5.71. The molecule has 1 fully saturated rings. The summed E-state index contributed by atoms with van der Waals surface area (Å²) < 4.78 is 0. The number of benzene rings is 3. The summed E-state index contributed by atoms with van der Waals surface area (Å²) in [5.74, 6) is -1.09. The van der Waals surface area contributed by atoms with Gasteiger partial charge in [-0.2, -0.15) is 0 Å². The van der Waals surface area contributed by atoms with Crippen LogP contribution in [0.25, 0.3) is 17.0 Å². The number of nitrogens with zero attached hydrogens (tertiary/aromatic N) is 2. The molecule has 0 aliphatic carbocycles. The lowest BCUT2D eigenvalue weighted by Gasteiger charge is -2.15. The molecule has 2 heterocycles. The Morgan fingerprint density at radius 2 is 1.74 bits per heavy atom. The molecule has 34 heavy (non-hydrogen) atoms. The van der Waals surface area contributed by atoms with E-state index in [1.807, 2.05) is 54.7 Å². The second-order valence-electron chi connectivity index (χ2n) is 7.83. The van der Waals surface area contributed by atoms with Crippen LogP contribution in [-0.2, 0) is 11.2 Å². The van der Waals surface area contributed by atoms with Gasteiger partial charge in [0.15, 0.2) is 5.17 Å². The summed E-state index contributed by atoms with van der Waals surface area (Å²) in [6.45, 7) is 0.495. The van der Waals surface area contributed by atoms with Gasteiger partial charge < -0.3 is 10.1 Å². The first kappa shape index (κ1) is 21.7. The number of thioether (sulfide) groups is 1. The molecule has 0 atom stereocenters. The first-order valence-electron chi connectivity index (χ1n) is 10.8. The number of aliphatic imine (C=N–C) groups is 1. The molecule has 1 amide bonds. The maximum atomic E-state index is 13.4. The largest absolute Gasteiger partial charge is 0.478 e. The molecule has 0 radical (unpaired) electrons. The van der Waals surface area contributed by atoms with E-state index in [0.717, 1.165) is 27.7 Å². The van der Waals surface area contributed by atoms with Crippen molar-refractivity contribution in [3.05, 3.63) is 107 Å². The highest BCUT2D eigenvalue weighted by Crippen LogP contribution is 2.34. The highest BCUT2D eigenvalue weighted by Gasteiger charge is 2.33. The van der Waals surface area contributed by atoms with E-state index in [4.69, 9.17) is 10.1 Å². The molecule has 0 spiro atoms. The highest BCUT2D eigenvalue weighted by atomic mass is 32.2. The van der Waals surface area contributed by atoms with Crippen LogP contribution in [0.1, 0.15) is 21.5 Å². The lowest BCUT2D eigenvalue weighted by atomic mass is 10.1. The number of nitrogens with one attached hydrogen (secondary N) is 1. The topological polar surface area (TPSA) is 85.8 Å².